The first kappa shape index (κ1) is 25.0. The first-order chi connectivity index (χ1) is 19.1. The van der Waals surface area contributed by atoms with Crippen LogP contribution in [0.25, 0.3) is 39.0 Å². The SMILES string of the molecule is CCn1c(=O)c(-c2ccc(-c3ccccn3)cc2Cl)cc2cnc(Nc3ccc(C4=CCNCC4)cc3)nc21. The lowest BCUT2D eigenvalue weighted by Gasteiger charge is -2.15. The van der Waals surface area contributed by atoms with E-state index < -0.39 is 0 Å². The fourth-order valence-corrected chi connectivity index (χ4v) is 5.20. The molecule has 5 aromatic rings. The standard InChI is InChI=1S/C31H27ClN6O/c1-2-38-29-23(17-26(30(38)39)25-11-8-22(18-27(25)32)28-5-3-4-14-34-28)19-35-31(37-29)36-24-9-6-20(7-10-24)21-12-15-33-16-13-21/h3-12,14,17-19,33H,2,13,15-16H2,1H3,(H,35,36,37). The van der Waals surface area contributed by atoms with Gasteiger partial charge in [0, 0.05) is 58.3 Å². The molecule has 0 bridgehead atoms. The number of hydrogen-bond donors (Lipinski definition) is 2. The summed E-state index contributed by atoms with van der Waals surface area (Å²) in [6, 6.07) is 21.5. The molecule has 7 nitrogen and oxygen atoms in total. The summed E-state index contributed by atoms with van der Waals surface area (Å²) in [7, 11) is 0. The molecular formula is C31H27ClN6O. The number of aromatic nitrogens is 4. The highest BCUT2D eigenvalue weighted by Gasteiger charge is 2.16. The molecule has 3 aromatic heterocycles. The fraction of sp³-hybridized carbons (Fsp3) is 0.161. The predicted octanol–water partition coefficient (Wildman–Crippen LogP) is 6.31. The van der Waals surface area contributed by atoms with Crippen LogP contribution in [0.5, 0.6) is 0 Å². The zero-order valence-corrected chi connectivity index (χ0v) is 22.2. The van der Waals surface area contributed by atoms with E-state index in [-0.39, 0.29) is 5.56 Å². The second-order valence-corrected chi connectivity index (χ2v) is 9.78. The number of halogens is 1. The van der Waals surface area contributed by atoms with Crippen LogP contribution in [0.3, 0.4) is 0 Å². The molecule has 0 radical (unpaired) electrons. The van der Waals surface area contributed by atoms with E-state index in [2.05, 4.69) is 38.8 Å². The molecule has 0 atom stereocenters. The first-order valence-electron chi connectivity index (χ1n) is 13.0. The number of anilines is 2. The molecule has 0 spiro atoms. The van der Waals surface area contributed by atoms with Crippen molar-refractivity contribution in [3.05, 3.63) is 106 Å². The van der Waals surface area contributed by atoms with Crippen molar-refractivity contribution in [2.75, 3.05) is 18.4 Å². The average Bonchev–Trinajstić information content (AvgIpc) is 2.98. The molecule has 194 valence electrons. The maximum Gasteiger partial charge on any atom is 0.260 e. The number of fused-ring (bicyclic) bond motifs is 1. The molecule has 2 aromatic carbocycles. The van der Waals surface area contributed by atoms with E-state index in [4.69, 9.17) is 16.6 Å². The number of pyridine rings is 2. The van der Waals surface area contributed by atoms with Crippen LogP contribution in [0.2, 0.25) is 5.02 Å². The Morgan fingerprint density at radius 2 is 1.85 bits per heavy atom. The van der Waals surface area contributed by atoms with Crippen LogP contribution in [0.1, 0.15) is 18.9 Å². The van der Waals surface area contributed by atoms with Gasteiger partial charge in [-0.25, -0.2) is 4.98 Å². The van der Waals surface area contributed by atoms with Crippen LogP contribution in [0, 0.1) is 0 Å². The molecule has 4 heterocycles. The number of aryl methyl sites for hydroxylation is 1. The van der Waals surface area contributed by atoms with E-state index in [1.807, 2.05) is 61.5 Å². The number of hydrogen-bond acceptors (Lipinski definition) is 6. The summed E-state index contributed by atoms with van der Waals surface area (Å²) in [5, 5.41) is 7.87. The third-order valence-corrected chi connectivity index (χ3v) is 7.25. The zero-order chi connectivity index (χ0) is 26.8. The normalized spacial score (nSPS) is 13.3. The predicted molar refractivity (Wildman–Crippen MR) is 158 cm³/mol. The molecule has 0 amide bonds. The molecule has 1 aliphatic rings. The minimum atomic E-state index is -0.151. The first-order valence-corrected chi connectivity index (χ1v) is 13.4. The summed E-state index contributed by atoms with van der Waals surface area (Å²) >= 11 is 6.68. The number of nitrogens with zero attached hydrogens (tertiary/aromatic N) is 4. The average molecular weight is 535 g/mol. The van der Waals surface area contributed by atoms with Crippen LogP contribution in [0.15, 0.2) is 90.0 Å². The van der Waals surface area contributed by atoms with Crippen molar-refractivity contribution >= 4 is 39.8 Å². The third-order valence-electron chi connectivity index (χ3n) is 6.94. The zero-order valence-electron chi connectivity index (χ0n) is 21.5. The van der Waals surface area contributed by atoms with Gasteiger partial charge < -0.3 is 10.6 Å². The summed E-state index contributed by atoms with van der Waals surface area (Å²) in [6.07, 6.45) is 6.74. The fourth-order valence-electron chi connectivity index (χ4n) is 4.91. The Labute approximate surface area is 231 Å². The lowest BCUT2D eigenvalue weighted by Crippen LogP contribution is -2.22. The molecule has 6 rings (SSSR count). The summed E-state index contributed by atoms with van der Waals surface area (Å²) in [6.45, 7) is 4.30. The molecule has 0 saturated heterocycles. The van der Waals surface area contributed by atoms with Gasteiger partial charge in [0.2, 0.25) is 5.95 Å². The summed E-state index contributed by atoms with van der Waals surface area (Å²) in [5.41, 5.74) is 6.77. The molecule has 0 saturated carbocycles. The van der Waals surface area contributed by atoms with Gasteiger partial charge in [0.1, 0.15) is 5.65 Å². The van der Waals surface area contributed by atoms with Gasteiger partial charge in [-0.05, 0) is 67.4 Å². The van der Waals surface area contributed by atoms with E-state index in [1.54, 1.807) is 17.0 Å². The third kappa shape index (κ3) is 5.06. The van der Waals surface area contributed by atoms with Gasteiger partial charge in [0.25, 0.3) is 5.56 Å². The number of nitrogens with one attached hydrogen (secondary N) is 2. The molecule has 0 unspecified atom stereocenters. The van der Waals surface area contributed by atoms with Crippen molar-refractivity contribution in [3.8, 4) is 22.4 Å². The van der Waals surface area contributed by atoms with Crippen molar-refractivity contribution < 1.29 is 0 Å². The van der Waals surface area contributed by atoms with Crippen LogP contribution >= 0.6 is 11.6 Å². The van der Waals surface area contributed by atoms with Crippen molar-refractivity contribution in [2.45, 2.75) is 19.9 Å². The van der Waals surface area contributed by atoms with Crippen molar-refractivity contribution in [1.82, 2.24) is 24.8 Å². The molecule has 1 aliphatic heterocycles. The lowest BCUT2D eigenvalue weighted by atomic mass is 10.0. The smallest absolute Gasteiger partial charge is 0.260 e. The monoisotopic (exact) mass is 534 g/mol. The van der Waals surface area contributed by atoms with Crippen molar-refractivity contribution in [2.24, 2.45) is 0 Å². The molecular weight excluding hydrogens is 508 g/mol. The highest BCUT2D eigenvalue weighted by molar-refractivity contribution is 6.33. The van der Waals surface area contributed by atoms with E-state index in [0.717, 1.165) is 41.8 Å². The Balaban J connectivity index is 1.32. The number of rotatable bonds is 6. The van der Waals surface area contributed by atoms with Crippen LogP contribution in [-0.2, 0) is 6.54 Å². The Morgan fingerprint density at radius 3 is 2.56 bits per heavy atom. The Hall–Kier alpha value is -4.33. The molecule has 8 heteroatoms. The van der Waals surface area contributed by atoms with Crippen LogP contribution in [-0.4, -0.2) is 32.6 Å². The van der Waals surface area contributed by atoms with E-state index in [0.29, 0.717) is 34.3 Å². The second kappa shape index (κ2) is 10.8. The quantitative estimate of drug-likeness (QED) is 0.265. The minimum absolute atomic E-state index is 0.151. The van der Waals surface area contributed by atoms with Crippen molar-refractivity contribution in [1.29, 1.82) is 0 Å². The summed E-state index contributed by atoms with van der Waals surface area (Å²) < 4.78 is 1.66. The van der Waals surface area contributed by atoms with E-state index in [9.17, 15) is 4.79 Å². The highest BCUT2D eigenvalue weighted by atomic mass is 35.5. The number of benzene rings is 2. The molecule has 0 aliphatic carbocycles. The minimum Gasteiger partial charge on any atom is -0.324 e. The van der Waals surface area contributed by atoms with Crippen LogP contribution in [0.4, 0.5) is 11.6 Å². The Bertz CT molecular complexity index is 1750. The van der Waals surface area contributed by atoms with Gasteiger partial charge in [-0.2, -0.15) is 4.98 Å². The topological polar surface area (TPSA) is 84.7 Å². The van der Waals surface area contributed by atoms with E-state index >= 15 is 0 Å². The van der Waals surface area contributed by atoms with Gasteiger partial charge in [-0.1, -0.05) is 48.0 Å². The summed E-state index contributed by atoms with van der Waals surface area (Å²) in [5.74, 6) is 0.434. The van der Waals surface area contributed by atoms with Gasteiger partial charge in [-0.3, -0.25) is 14.3 Å². The largest absolute Gasteiger partial charge is 0.324 e. The molecule has 2 N–H and O–H groups in total. The second-order valence-electron chi connectivity index (χ2n) is 9.38. The maximum absolute atomic E-state index is 13.6. The summed E-state index contributed by atoms with van der Waals surface area (Å²) in [4.78, 5) is 27.2. The van der Waals surface area contributed by atoms with Crippen LogP contribution < -0.4 is 16.2 Å². The molecule has 39 heavy (non-hydrogen) atoms. The van der Waals surface area contributed by atoms with Gasteiger partial charge in [-0.15, -0.1) is 0 Å². The van der Waals surface area contributed by atoms with Gasteiger partial charge in [0.15, 0.2) is 0 Å². The van der Waals surface area contributed by atoms with Gasteiger partial charge in [0.05, 0.1) is 5.69 Å². The highest BCUT2D eigenvalue weighted by Crippen LogP contribution is 2.31. The van der Waals surface area contributed by atoms with Crippen molar-refractivity contribution in [3.63, 3.8) is 0 Å². The molecule has 0 fully saturated rings. The Kier molecular flexibility index (Phi) is 6.92. The van der Waals surface area contributed by atoms with Gasteiger partial charge >= 0.3 is 0 Å². The maximum atomic E-state index is 13.6. The lowest BCUT2D eigenvalue weighted by molar-refractivity contribution is 0.738. The van der Waals surface area contributed by atoms with E-state index in [1.165, 1.54) is 11.1 Å². The Morgan fingerprint density at radius 1 is 1.00 bits per heavy atom.